The van der Waals surface area contributed by atoms with E-state index in [1.165, 1.54) is 11.1 Å². The van der Waals surface area contributed by atoms with Gasteiger partial charge in [0.2, 0.25) is 0 Å². The van der Waals surface area contributed by atoms with Gasteiger partial charge in [-0.25, -0.2) is 0 Å². The van der Waals surface area contributed by atoms with Gasteiger partial charge in [-0.1, -0.05) is 6.92 Å². The summed E-state index contributed by atoms with van der Waals surface area (Å²) in [4.78, 5) is 39.7. The van der Waals surface area contributed by atoms with Crippen LogP contribution in [0.25, 0.3) is 0 Å². The number of pyridine rings is 1. The number of fused-ring (bicyclic) bond motifs is 1. The number of carbonyl (C=O) groups is 3. The molecule has 0 fully saturated rings. The Morgan fingerprint density at radius 1 is 1.35 bits per heavy atom. The Hall–Kier alpha value is -2.24. The zero-order chi connectivity index (χ0) is 14.7. The van der Waals surface area contributed by atoms with Gasteiger partial charge in [-0.15, -0.1) is 0 Å². The van der Waals surface area contributed by atoms with Crippen LogP contribution >= 0.6 is 0 Å². The lowest BCUT2D eigenvalue weighted by Gasteiger charge is -2.16. The van der Waals surface area contributed by atoms with Crippen LogP contribution in [-0.4, -0.2) is 39.3 Å². The molecule has 0 saturated carbocycles. The number of aromatic nitrogens is 1. The Kier molecular flexibility index (Phi) is 4.12. The molecule has 0 saturated heterocycles. The molecule has 1 aliphatic heterocycles. The highest BCUT2D eigenvalue weighted by Gasteiger charge is 2.36. The molecular formula is C14H16N2O4. The number of rotatable bonds is 6. The first-order valence-corrected chi connectivity index (χ1v) is 6.53. The molecule has 106 valence electrons. The summed E-state index contributed by atoms with van der Waals surface area (Å²) in [7, 11) is 0. The van der Waals surface area contributed by atoms with Crippen LogP contribution in [0.15, 0.2) is 18.3 Å². The average molecular weight is 276 g/mol. The van der Waals surface area contributed by atoms with E-state index in [4.69, 9.17) is 5.11 Å². The SMILES string of the molecule is CC(CCC(=O)O)CCN1C(=O)c2cccnc2C1=O. The second-order valence-electron chi connectivity index (χ2n) is 4.99. The van der Waals surface area contributed by atoms with Gasteiger partial charge in [0.15, 0.2) is 0 Å². The van der Waals surface area contributed by atoms with Crippen LogP contribution in [0.2, 0.25) is 0 Å². The summed E-state index contributed by atoms with van der Waals surface area (Å²) in [6, 6.07) is 3.22. The lowest BCUT2D eigenvalue weighted by Crippen LogP contribution is -2.31. The van der Waals surface area contributed by atoms with Gasteiger partial charge in [0.1, 0.15) is 5.69 Å². The van der Waals surface area contributed by atoms with Crippen LogP contribution in [0, 0.1) is 5.92 Å². The normalized spacial score (nSPS) is 15.3. The highest BCUT2D eigenvalue weighted by atomic mass is 16.4. The summed E-state index contributed by atoms with van der Waals surface area (Å²) in [6.45, 7) is 2.22. The molecule has 0 aliphatic carbocycles. The standard InChI is InChI=1S/C14H16N2O4/c1-9(4-5-11(17)18)6-8-16-13(19)10-3-2-7-15-12(10)14(16)20/h2-3,7,9H,4-6,8H2,1H3,(H,17,18). The van der Waals surface area contributed by atoms with Gasteiger partial charge in [0.05, 0.1) is 5.56 Å². The minimum Gasteiger partial charge on any atom is -0.481 e. The van der Waals surface area contributed by atoms with Gasteiger partial charge in [-0.3, -0.25) is 24.3 Å². The number of carboxylic acid groups (broad SMARTS) is 1. The molecule has 6 heteroatoms. The minimum absolute atomic E-state index is 0.102. The van der Waals surface area contributed by atoms with E-state index in [1.54, 1.807) is 12.1 Å². The van der Waals surface area contributed by atoms with Crippen molar-refractivity contribution in [1.29, 1.82) is 0 Å². The number of hydrogen-bond acceptors (Lipinski definition) is 4. The highest BCUT2D eigenvalue weighted by Crippen LogP contribution is 2.22. The van der Waals surface area contributed by atoms with Crippen molar-refractivity contribution in [2.45, 2.75) is 26.2 Å². The maximum absolute atomic E-state index is 12.1. The van der Waals surface area contributed by atoms with Crippen LogP contribution < -0.4 is 0 Å². The van der Waals surface area contributed by atoms with E-state index in [2.05, 4.69) is 4.98 Å². The Bertz CT molecular complexity index is 521. The number of carbonyl (C=O) groups excluding carboxylic acids is 2. The third-order valence-electron chi connectivity index (χ3n) is 3.43. The van der Waals surface area contributed by atoms with Crippen molar-refractivity contribution < 1.29 is 19.5 Å². The molecule has 1 aromatic heterocycles. The first kappa shape index (κ1) is 14.2. The van der Waals surface area contributed by atoms with Crippen LogP contribution in [0.1, 0.15) is 47.0 Å². The molecule has 2 heterocycles. The second kappa shape index (κ2) is 5.81. The third kappa shape index (κ3) is 2.84. The van der Waals surface area contributed by atoms with Crippen molar-refractivity contribution in [3.63, 3.8) is 0 Å². The Balaban J connectivity index is 1.94. The average Bonchev–Trinajstić information content (AvgIpc) is 2.67. The summed E-state index contributed by atoms with van der Waals surface area (Å²) in [5.74, 6) is -1.37. The third-order valence-corrected chi connectivity index (χ3v) is 3.43. The molecule has 1 aromatic rings. The maximum Gasteiger partial charge on any atom is 0.303 e. The largest absolute Gasteiger partial charge is 0.481 e. The zero-order valence-electron chi connectivity index (χ0n) is 11.2. The topological polar surface area (TPSA) is 87.6 Å². The zero-order valence-corrected chi connectivity index (χ0v) is 11.2. The van der Waals surface area contributed by atoms with E-state index in [1.807, 2.05) is 6.92 Å². The van der Waals surface area contributed by atoms with E-state index in [9.17, 15) is 14.4 Å². The molecule has 1 atom stereocenters. The first-order chi connectivity index (χ1) is 9.50. The molecule has 2 rings (SSSR count). The molecule has 0 aromatic carbocycles. The molecule has 1 unspecified atom stereocenters. The van der Waals surface area contributed by atoms with E-state index >= 15 is 0 Å². The fourth-order valence-corrected chi connectivity index (χ4v) is 2.18. The van der Waals surface area contributed by atoms with E-state index in [-0.39, 0.29) is 29.8 Å². The molecule has 0 bridgehead atoms. The Morgan fingerprint density at radius 3 is 2.75 bits per heavy atom. The fraction of sp³-hybridized carbons (Fsp3) is 0.429. The maximum atomic E-state index is 12.1. The van der Waals surface area contributed by atoms with E-state index in [0.29, 0.717) is 24.9 Å². The molecule has 0 spiro atoms. The molecule has 0 radical (unpaired) electrons. The van der Waals surface area contributed by atoms with Crippen molar-refractivity contribution in [3.8, 4) is 0 Å². The Labute approximate surface area is 116 Å². The van der Waals surface area contributed by atoms with Gasteiger partial charge in [-0.2, -0.15) is 0 Å². The lowest BCUT2D eigenvalue weighted by molar-refractivity contribution is -0.137. The predicted molar refractivity (Wildman–Crippen MR) is 70.3 cm³/mol. The van der Waals surface area contributed by atoms with Crippen LogP contribution in [0.3, 0.4) is 0 Å². The molecule has 6 nitrogen and oxygen atoms in total. The number of nitrogens with zero attached hydrogens (tertiary/aromatic N) is 2. The summed E-state index contributed by atoms with van der Waals surface area (Å²) >= 11 is 0. The van der Waals surface area contributed by atoms with E-state index < -0.39 is 5.97 Å². The van der Waals surface area contributed by atoms with E-state index in [0.717, 1.165) is 0 Å². The molecule has 20 heavy (non-hydrogen) atoms. The first-order valence-electron chi connectivity index (χ1n) is 6.53. The molecular weight excluding hydrogens is 260 g/mol. The number of imide groups is 1. The van der Waals surface area contributed by atoms with Crippen LogP contribution in [0.5, 0.6) is 0 Å². The summed E-state index contributed by atoms with van der Waals surface area (Å²) < 4.78 is 0. The van der Waals surface area contributed by atoms with Gasteiger partial charge >= 0.3 is 5.97 Å². The van der Waals surface area contributed by atoms with Gasteiger partial charge < -0.3 is 5.11 Å². The highest BCUT2D eigenvalue weighted by molar-refractivity contribution is 6.20. The van der Waals surface area contributed by atoms with Gasteiger partial charge in [-0.05, 0) is 30.9 Å². The van der Waals surface area contributed by atoms with Crippen molar-refractivity contribution in [2.75, 3.05) is 6.54 Å². The molecule has 1 aliphatic rings. The molecule has 1 N–H and O–H groups in total. The monoisotopic (exact) mass is 276 g/mol. The summed E-state index contributed by atoms with van der Waals surface area (Å²) in [5.41, 5.74) is 0.548. The smallest absolute Gasteiger partial charge is 0.303 e. The molecule has 2 amide bonds. The number of aliphatic carboxylic acids is 1. The summed E-state index contributed by atoms with van der Waals surface area (Å²) in [5, 5.41) is 8.62. The summed E-state index contributed by atoms with van der Waals surface area (Å²) in [6.07, 6.45) is 2.73. The minimum atomic E-state index is -0.832. The van der Waals surface area contributed by atoms with Crippen molar-refractivity contribution in [2.24, 2.45) is 5.92 Å². The van der Waals surface area contributed by atoms with Gasteiger partial charge in [0.25, 0.3) is 11.8 Å². The Morgan fingerprint density at radius 2 is 2.10 bits per heavy atom. The lowest BCUT2D eigenvalue weighted by atomic mass is 10.0. The predicted octanol–water partition coefficient (Wildman–Crippen LogP) is 1.57. The van der Waals surface area contributed by atoms with Gasteiger partial charge in [0, 0.05) is 19.2 Å². The van der Waals surface area contributed by atoms with Crippen molar-refractivity contribution >= 4 is 17.8 Å². The number of amides is 2. The van der Waals surface area contributed by atoms with Crippen LogP contribution in [0.4, 0.5) is 0 Å². The van der Waals surface area contributed by atoms with Crippen LogP contribution in [-0.2, 0) is 4.79 Å². The number of hydrogen-bond donors (Lipinski definition) is 1. The fourth-order valence-electron chi connectivity index (χ4n) is 2.18. The van der Waals surface area contributed by atoms with Crippen molar-refractivity contribution in [1.82, 2.24) is 9.88 Å². The number of carboxylic acids is 1. The quantitative estimate of drug-likeness (QED) is 0.797. The second-order valence-corrected chi connectivity index (χ2v) is 4.99. The van der Waals surface area contributed by atoms with Crippen molar-refractivity contribution in [3.05, 3.63) is 29.6 Å².